The van der Waals surface area contributed by atoms with E-state index in [0.717, 1.165) is 11.0 Å². The number of hydrogen-bond donors (Lipinski definition) is 1. The van der Waals surface area contributed by atoms with Crippen molar-refractivity contribution in [2.24, 2.45) is 0 Å². The molecule has 24 heavy (non-hydrogen) atoms. The summed E-state index contributed by atoms with van der Waals surface area (Å²) >= 11 is 7.18. The van der Waals surface area contributed by atoms with Gasteiger partial charge in [0.2, 0.25) is 0 Å². The van der Waals surface area contributed by atoms with E-state index >= 15 is 0 Å². The molecule has 0 unspecified atom stereocenters. The average Bonchev–Trinajstić information content (AvgIpc) is 3.21. The Kier molecular flexibility index (Phi) is 3.80. The lowest BCUT2D eigenvalue weighted by Gasteiger charge is -2.01. The Hall–Kier alpha value is -2.63. The van der Waals surface area contributed by atoms with E-state index in [-0.39, 0.29) is 5.91 Å². The van der Waals surface area contributed by atoms with Gasteiger partial charge in [-0.3, -0.25) is 10.1 Å². The van der Waals surface area contributed by atoms with Crippen LogP contribution in [0.3, 0.4) is 0 Å². The third kappa shape index (κ3) is 2.91. The zero-order valence-corrected chi connectivity index (χ0v) is 13.9. The van der Waals surface area contributed by atoms with Gasteiger partial charge in [0.05, 0.1) is 0 Å². The fourth-order valence-corrected chi connectivity index (χ4v) is 3.14. The number of para-hydroxylation sites is 1. The predicted octanol–water partition coefficient (Wildman–Crippen LogP) is 5.46. The Labute approximate surface area is 146 Å². The SMILES string of the molecule is O=C(Nc1nc(-c2cc3ccccc3o2)cs1)c1ccc(Cl)cc1. The maximum Gasteiger partial charge on any atom is 0.257 e. The number of benzene rings is 2. The second kappa shape index (κ2) is 6.11. The van der Waals surface area contributed by atoms with Crippen LogP contribution in [0.15, 0.2) is 64.4 Å². The molecule has 1 amide bonds. The molecule has 2 aromatic carbocycles. The Morgan fingerprint density at radius 1 is 1.12 bits per heavy atom. The van der Waals surface area contributed by atoms with Crippen molar-refractivity contribution < 1.29 is 9.21 Å². The number of aromatic nitrogens is 1. The van der Waals surface area contributed by atoms with Gasteiger partial charge in [0, 0.05) is 21.4 Å². The van der Waals surface area contributed by atoms with Crippen LogP contribution in [0.5, 0.6) is 0 Å². The van der Waals surface area contributed by atoms with Gasteiger partial charge in [0.1, 0.15) is 11.3 Å². The second-order valence-corrected chi connectivity index (χ2v) is 6.44. The van der Waals surface area contributed by atoms with E-state index in [0.29, 0.717) is 27.2 Å². The molecule has 0 saturated carbocycles. The molecule has 4 nitrogen and oxygen atoms in total. The lowest BCUT2D eigenvalue weighted by molar-refractivity contribution is 0.102. The number of hydrogen-bond acceptors (Lipinski definition) is 4. The molecule has 0 aliphatic heterocycles. The van der Waals surface area contributed by atoms with Crippen LogP contribution in [0.4, 0.5) is 5.13 Å². The molecule has 0 saturated heterocycles. The lowest BCUT2D eigenvalue weighted by Crippen LogP contribution is -2.11. The Morgan fingerprint density at radius 2 is 1.92 bits per heavy atom. The number of rotatable bonds is 3. The molecule has 6 heteroatoms. The van der Waals surface area contributed by atoms with Crippen LogP contribution in [0.25, 0.3) is 22.4 Å². The zero-order valence-electron chi connectivity index (χ0n) is 12.3. The summed E-state index contributed by atoms with van der Waals surface area (Å²) in [6.07, 6.45) is 0. The van der Waals surface area contributed by atoms with E-state index < -0.39 is 0 Å². The smallest absolute Gasteiger partial charge is 0.257 e. The van der Waals surface area contributed by atoms with E-state index in [1.54, 1.807) is 24.3 Å². The number of furan rings is 1. The number of amides is 1. The van der Waals surface area contributed by atoms with Crippen molar-refractivity contribution in [3.8, 4) is 11.5 Å². The minimum atomic E-state index is -0.225. The van der Waals surface area contributed by atoms with E-state index in [9.17, 15) is 4.79 Å². The minimum Gasteiger partial charge on any atom is -0.454 e. The van der Waals surface area contributed by atoms with Crippen molar-refractivity contribution >= 4 is 44.9 Å². The highest BCUT2D eigenvalue weighted by atomic mass is 35.5. The third-order valence-corrected chi connectivity index (χ3v) is 4.52. The van der Waals surface area contributed by atoms with Crippen molar-refractivity contribution in [3.05, 3.63) is 70.6 Å². The Bertz CT molecular complexity index is 988. The van der Waals surface area contributed by atoms with Crippen LogP contribution in [0.1, 0.15) is 10.4 Å². The first-order chi connectivity index (χ1) is 11.7. The number of carbonyl (C=O) groups is 1. The van der Waals surface area contributed by atoms with Gasteiger partial charge < -0.3 is 4.42 Å². The number of anilines is 1. The minimum absolute atomic E-state index is 0.225. The van der Waals surface area contributed by atoms with Gasteiger partial charge in [0.15, 0.2) is 10.9 Å². The second-order valence-electron chi connectivity index (χ2n) is 5.15. The van der Waals surface area contributed by atoms with Crippen LogP contribution < -0.4 is 5.32 Å². The first kappa shape index (κ1) is 14.9. The quantitative estimate of drug-likeness (QED) is 0.531. The molecule has 0 bridgehead atoms. The number of carbonyl (C=O) groups excluding carboxylic acids is 1. The molecule has 4 aromatic rings. The fourth-order valence-electron chi connectivity index (χ4n) is 2.32. The van der Waals surface area contributed by atoms with Gasteiger partial charge in [-0.05, 0) is 36.4 Å². The van der Waals surface area contributed by atoms with Crippen LogP contribution in [-0.2, 0) is 0 Å². The average molecular weight is 355 g/mol. The summed E-state index contributed by atoms with van der Waals surface area (Å²) in [6, 6.07) is 16.4. The molecular weight excluding hydrogens is 344 g/mol. The molecule has 0 spiro atoms. The third-order valence-electron chi connectivity index (χ3n) is 3.51. The zero-order chi connectivity index (χ0) is 16.5. The maximum atomic E-state index is 12.2. The van der Waals surface area contributed by atoms with Crippen LogP contribution in [-0.4, -0.2) is 10.9 Å². The van der Waals surface area contributed by atoms with Gasteiger partial charge in [-0.2, -0.15) is 0 Å². The van der Waals surface area contributed by atoms with E-state index in [1.807, 2.05) is 35.7 Å². The fraction of sp³-hybridized carbons (Fsp3) is 0. The van der Waals surface area contributed by atoms with Gasteiger partial charge in [-0.15, -0.1) is 11.3 Å². The predicted molar refractivity (Wildman–Crippen MR) is 96.7 cm³/mol. The lowest BCUT2D eigenvalue weighted by atomic mass is 10.2. The van der Waals surface area contributed by atoms with Crippen LogP contribution in [0, 0.1) is 0 Å². The number of nitrogens with one attached hydrogen (secondary N) is 1. The number of nitrogens with zero attached hydrogens (tertiary/aromatic N) is 1. The van der Waals surface area contributed by atoms with E-state index in [1.165, 1.54) is 11.3 Å². The normalized spacial score (nSPS) is 10.9. The highest BCUT2D eigenvalue weighted by molar-refractivity contribution is 7.14. The molecule has 4 rings (SSSR count). The van der Waals surface area contributed by atoms with E-state index in [2.05, 4.69) is 10.3 Å². The van der Waals surface area contributed by atoms with Gasteiger partial charge in [-0.1, -0.05) is 29.8 Å². The summed E-state index contributed by atoms with van der Waals surface area (Å²) in [7, 11) is 0. The number of halogens is 1. The molecule has 2 heterocycles. The van der Waals surface area contributed by atoms with Crippen LogP contribution >= 0.6 is 22.9 Å². The summed E-state index contributed by atoms with van der Waals surface area (Å²) in [5.74, 6) is 0.455. The molecule has 0 atom stereocenters. The molecule has 2 aromatic heterocycles. The summed E-state index contributed by atoms with van der Waals surface area (Å²) in [5.41, 5.74) is 2.04. The van der Waals surface area contributed by atoms with Gasteiger partial charge in [0.25, 0.3) is 5.91 Å². The van der Waals surface area contributed by atoms with Crippen molar-refractivity contribution in [1.29, 1.82) is 0 Å². The summed E-state index contributed by atoms with van der Waals surface area (Å²) in [5, 5.41) is 6.77. The first-order valence-electron chi connectivity index (χ1n) is 7.20. The van der Waals surface area contributed by atoms with Gasteiger partial charge >= 0.3 is 0 Å². The molecule has 0 radical (unpaired) electrons. The topological polar surface area (TPSA) is 55.1 Å². The standard InChI is InChI=1S/C18H11ClN2O2S/c19-13-7-5-11(6-8-13)17(22)21-18-20-14(10-24-18)16-9-12-3-1-2-4-15(12)23-16/h1-10H,(H,20,21,22). The number of fused-ring (bicyclic) bond motifs is 1. The Balaban J connectivity index is 1.56. The summed E-state index contributed by atoms with van der Waals surface area (Å²) in [4.78, 5) is 16.6. The van der Waals surface area contributed by atoms with E-state index in [4.69, 9.17) is 16.0 Å². The monoisotopic (exact) mass is 354 g/mol. The molecular formula is C18H11ClN2O2S. The molecule has 0 aliphatic rings. The highest BCUT2D eigenvalue weighted by Crippen LogP contribution is 2.30. The molecule has 0 fully saturated rings. The molecule has 1 N–H and O–H groups in total. The first-order valence-corrected chi connectivity index (χ1v) is 8.46. The molecule has 118 valence electrons. The largest absolute Gasteiger partial charge is 0.454 e. The Morgan fingerprint density at radius 3 is 2.71 bits per heavy atom. The van der Waals surface area contributed by atoms with Gasteiger partial charge in [-0.25, -0.2) is 4.98 Å². The van der Waals surface area contributed by atoms with Crippen LogP contribution in [0.2, 0.25) is 5.02 Å². The van der Waals surface area contributed by atoms with Crippen molar-refractivity contribution in [3.63, 3.8) is 0 Å². The van der Waals surface area contributed by atoms with Crippen molar-refractivity contribution in [1.82, 2.24) is 4.98 Å². The number of thiazole rings is 1. The van der Waals surface area contributed by atoms with Crippen molar-refractivity contribution in [2.45, 2.75) is 0 Å². The highest BCUT2D eigenvalue weighted by Gasteiger charge is 2.12. The summed E-state index contributed by atoms with van der Waals surface area (Å²) in [6.45, 7) is 0. The maximum absolute atomic E-state index is 12.2. The molecule has 0 aliphatic carbocycles. The summed E-state index contributed by atoms with van der Waals surface area (Å²) < 4.78 is 5.79. The van der Waals surface area contributed by atoms with Crippen molar-refractivity contribution in [2.75, 3.05) is 5.32 Å².